The number of fused-ring (bicyclic) bond motifs is 2. The fraction of sp³-hybridized carbons (Fsp3) is 0.167. The molecule has 1 N–H and O–H groups in total. The van der Waals surface area contributed by atoms with E-state index in [1.54, 1.807) is 11.3 Å². The SMILES string of the molecule is Cc1nc2c(s1)Cc1ccccc1NC2=O. The van der Waals surface area contributed by atoms with Gasteiger partial charge in [0, 0.05) is 17.0 Å². The Labute approximate surface area is 97.1 Å². The number of carbonyl (C=O) groups excluding carboxylic acids is 1. The summed E-state index contributed by atoms with van der Waals surface area (Å²) < 4.78 is 0. The lowest BCUT2D eigenvalue weighted by atomic mass is 10.1. The van der Waals surface area contributed by atoms with Gasteiger partial charge in [-0.25, -0.2) is 4.98 Å². The predicted octanol–water partition coefficient (Wildman–Crippen LogP) is 2.61. The van der Waals surface area contributed by atoms with Gasteiger partial charge in [0.1, 0.15) is 5.69 Å². The second kappa shape index (κ2) is 3.42. The van der Waals surface area contributed by atoms with Gasteiger partial charge in [-0.3, -0.25) is 4.79 Å². The van der Waals surface area contributed by atoms with Crippen LogP contribution in [0.15, 0.2) is 24.3 Å². The molecule has 0 fully saturated rings. The van der Waals surface area contributed by atoms with Crippen molar-refractivity contribution in [2.24, 2.45) is 0 Å². The van der Waals surface area contributed by atoms with Crippen LogP contribution in [0, 0.1) is 6.92 Å². The van der Waals surface area contributed by atoms with Gasteiger partial charge in [-0.05, 0) is 18.6 Å². The predicted molar refractivity (Wildman–Crippen MR) is 64.1 cm³/mol. The molecule has 2 heterocycles. The van der Waals surface area contributed by atoms with Crippen LogP contribution in [0.2, 0.25) is 0 Å². The van der Waals surface area contributed by atoms with Crippen molar-refractivity contribution in [2.75, 3.05) is 5.32 Å². The molecule has 1 aromatic carbocycles. The molecule has 3 rings (SSSR count). The van der Waals surface area contributed by atoms with Crippen molar-refractivity contribution in [1.29, 1.82) is 0 Å². The number of nitrogens with one attached hydrogen (secondary N) is 1. The third kappa shape index (κ3) is 1.42. The van der Waals surface area contributed by atoms with Crippen molar-refractivity contribution >= 4 is 22.9 Å². The maximum Gasteiger partial charge on any atom is 0.275 e. The Kier molecular flexibility index (Phi) is 2.04. The smallest absolute Gasteiger partial charge is 0.275 e. The molecule has 1 aromatic heterocycles. The Hall–Kier alpha value is -1.68. The average Bonchev–Trinajstić information content (AvgIpc) is 2.57. The molecule has 0 atom stereocenters. The number of carbonyl (C=O) groups is 1. The highest BCUT2D eigenvalue weighted by Gasteiger charge is 2.22. The number of nitrogens with zero attached hydrogens (tertiary/aromatic N) is 1. The number of anilines is 1. The number of aryl methyl sites for hydroxylation is 1. The summed E-state index contributed by atoms with van der Waals surface area (Å²) in [5.74, 6) is -0.0932. The van der Waals surface area contributed by atoms with Gasteiger partial charge in [-0.1, -0.05) is 18.2 Å². The van der Waals surface area contributed by atoms with Gasteiger partial charge in [0.2, 0.25) is 0 Å². The summed E-state index contributed by atoms with van der Waals surface area (Å²) in [6, 6.07) is 7.89. The molecule has 16 heavy (non-hydrogen) atoms. The van der Waals surface area contributed by atoms with E-state index in [0.29, 0.717) is 5.69 Å². The zero-order valence-corrected chi connectivity index (χ0v) is 9.60. The van der Waals surface area contributed by atoms with Gasteiger partial charge in [-0.2, -0.15) is 0 Å². The summed E-state index contributed by atoms with van der Waals surface area (Å²) in [4.78, 5) is 17.3. The summed E-state index contributed by atoms with van der Waals surface area (Å²) in [7, 11) is 0. The van der Waals surface area contributed by atoms with E-state index in [4.69, 9.17) is 0 Å². The highest BCUT2D eigenvalue weighted by Crippen LogP contribution is 2.29. The lowest BCUT2D eigenvalue weighted by Gasteiger charge is -2.04. The highest BCUT2D eigenvalue weighted by molar-refractivity contribution is 7.11. The van der Waals surface area contributed by atoms with Crippen LogP contribution in [0.25, 0.3) is 0 Å². The first-order chi connectivity index (χ1) is 7.74. The van der Waals surface area contributed by atoms with Crippen molar-refractivity contribution in [2.45, 2.75) is 13.3 Å². The van der Waals surface area contributed by atoms with Crippen LogP contribution >= 0.6 is 11.3 Å². The van der Waals surface area contributed by atoms with Crippen molar-refractivity contribution in [3.8, 4) is 0 Å². The molecule has 0 unspecified atom stereocenters. The molecule has 0 saturated heterocycles. The average molecular weight is 230 g/mol. The summed E-state index contributed by atoms with van der Waals surface area (Å²) in [6.45, 7) is 1.93. The molecule has 3 nitrogen and oxygen atoms in total. The number of rotatable bonds is 0. The first-order valence-electron chi connectivity index (χ1n) is 5.09. The summed E-state index contributed by atoms with van der Waals surface area (Å²) in [5, 5.41) is 3.84. The molecule has 0 aliphatic carbocycles. The van der Waals surface area contributed by atoms with Gasteiger partial charge >= 0.3 is 0 Å². The Morgan fingerprint density at radius 2 is 2.19 bits per heavy atom. The third-order valence-electron chi connectivity index (χ3n) is 2.64. The maximum atomic E-state index is 11.9. The molecule has 2 aromatic rings. The van der Waals surface area contributed by atoms with E-state index >= 15 is 0 Å². The van der Waals surface area contributed by atoms with E-state index < -0.39 is 0 Å². The monoisotopic (exact) mass is 230 g/mol. The number of hydrogen-bond acceptors (Lipinski definition) is 3. The van der Waals surface area contributed by atoms with E-state index in [0.717, 1.165) is 27.6 Å². The summed E-state index contributed by atoms with van der Waals surface area (Å²) in [5.41, 5.74) is 2.63. The fourth-order valence-electron chi connectivity index (χ4n) is 1.92. The third-order valence-corrected chi connectivity index (χ3v) is 3.61. The number of para-hydroxylation sites is 1. The Morgan fingerprint density at radius 3 is 3.06 bits per heavy atom. The van der Waals surface area contributed by atoms with E-state index in [2.05, 4.69) is 10.3 Å². The van der Waals surface area contributed by atoms with E-state index in [9.17, 15) is 4.79 Å². The lowest BCUT2D eigenvalue weighted by Crippen LogP contribution is -2.12. The quantitative estimate of drug-likeness (QED) is 0.756. The van der Waals surface area contributed by atoms with Crippen molar-refractivity contribution in [3.05, 3.63) is 45.4 Å². The zero-order valence-electron chi connectivity index (χ0n) is 8.78. The topological polar surface area (TPSA) is 42.0 Å². The number of amides is 1. The Balaban J connectivity index is 2.17. The van der Waals surface area contributed by atoms with Crippen LogP contribution in [0.4, 0.5) is 5.69 Å². The second-order valence-corrected chi connectivity index (χ2v) is 5.08. The van der Waals surface area contributed by atoms with E-state index in [1.807, 2.05) is 31.2 Å². The van der Waals surface area contributed by atoms with Gasteiger partial charge in [-0.15, -0.1) is 11.3 Å². The van der Waals surface area contributed by atoms with Crippen LogP contribution in [-0.4, -0.2) is 10.9 Å². The van der Waals surface area contributed by atoms with Crippen LogP contribution in [-0.2, 0) is 6.42 Å². The van der Waals surface area contributed by atoms with Gasteiger partial charge in [0.25, 0.3) is 5.91 Å². The maximum absolute atomic E-state index is 11.9. The molecule has 0 saturated carbocycles. The molecule has 80 valence electrons. The second-order valence-electron chi connectivity index (χ2n) is 3.79. The van der Waals surface area contributed by atoms with Crippen LogP contribution < -0.4 is 5.32 Å². The number of benzene rings is 1. The van der Waals surface area contributed by atoms with Gasteiger partial charge in [0.15, 0.2) is 0 Å². The van der Waals surface area contributed by atoms with Crippen molar-refractivity contribution < 1.29 is 4.79 Å². The van der Waals surface area contributed by atoms with Gasteiger partial charge in [0.05, 0.1) is 5.01 Å². The molecule has 0 spiro atoms. The normalized spacial score (nSPS) is 13.7. The summed E-state index contributed by atoms with van der Waals surface area (Å²) in [6.07, 6.45) is 0.787. The minimum absolute atomic E-state index is 0.0932. The molecular formula is C12H10N2OS. The molecule has 1 aliphatic rings. The lowest BCUT2D eigenvalue weighted by molar-refractivity contribution is 0.102. The highest BCUT2D eigenvalue weighted by atomic mass is 32.1. The standard InChI is InChI=1S/C12H10N2OS/c1-7-13-11-10(16-7)6-8-4-2-3-5-9(8)14-12(11)15/h2-5H,6H2,1H3,(H,14,15). The van der Waals surface area contributed by atoms with Gasteiger partial charge < -0.3 is 5.32 Å². The molecule has 1 amide bonds. The Bertz CT molecular complexity index is 574. The van der Waals surface area contributed by atoms with Crippen LogP contribution in [0.1, 0.15) is 25.9 Å². The van der Waals surface area contributed by atoms with Crippen molar-refractivity contribution in [1.82, 2.24) is 4.98 Å². The number of hydrogen-bond donors (Lipinski definition) is 1. The molecular weight excluding hydrogens is 220 g/mol. The van der Waals surface area contributed by atoms with Crippen LogP contribution in [0.3, 0.4) is 0 Å². The van der Waals surface area contributed by atoms with E-state index in [-0.39, 0.29) is 5.91 Å². The zero-order chi connectivity index (χ0) is 11.1. The van der Waals surface area contributed by atoms with E-state index in [1.165, 1.54) is 0 Å². The molecule has 0 radical (unpaired) electrons. The number of thiazole rings is 1. The minimum atomic E-state index is -0.0932. The minimum Gasteiger partial charge on any atom is -0.320 e. The van der Waals surface area contributed by atoms with Crippen LogP contribution in [0.5, 0.6) is 0 Å². The molecule has 1 aliphatic heterocycles. The Morgan fingerprint density at radius 1 is 1.38 bits per heavy atom. The molecule has 0 bridgehead atoms. The number of aromatic nitrogens is 1. The first-order valence-corrected chi connectivity index (χ1v) is 5.91. The first kappa shape index (κ1) is 9.54. The largest absolute Gasteiger partial charge is 0.320 e. The summed E-state index contributed by atoms with van der Waals surface area (Å²) >= 11 is 1.60. The van der Waals surface area contributed by atoms with Crippen molar-refractivity contribution in [3.63, 3.8) is 0 Å². The fourth-order valence-corrected chi connectivity index (χ4v) is 2.87. The molecule has 4 heteroatoms.